The van der Waals surface area contributed by atoms with Crippen molar-refractivity contribution in [2.45, 2.75) is 65.3 Å². The van der Waals surface area contributed by atoms with Gasteiger partial charge in [-0.05, 0) is 75.4 Å². The number of hydrogen-bond donors (Lipinski definition) is 2. The minimum absolute atomic E-state index is 0.0480. The second-order valence-corrected chi connectivity index (χ2v) is 13.3. The molecule has 12 heteroatoms. The number of anilines is 1. The molecule has 3 rings (SSSR count). The Morgan fingerprint density at radius 1 is 0.917 bits per heavy atom. The van der Waals surface area contributed by atoms with E-state index in [-0.39, 0.29) is 24.2 Å². The standard InChI is InChI=1S/C36H53FN4O7/c1-25(7-9-34(26(2)6-8-32(45)10-19-42)48-36(47)41-13-11-38(5)12-14-41)33(24-43)27(3)20-29-21-30(37)23-31(22-29)39-15-17-40(18-16-39)35(46)28(4)44/h7,9,19-26,28,32-34,44-45H,6,8,10-18H2,1-5H3/b9-7+,27-20+/t25-,26+,28+,32-,33-,34-/m0/s1. The summed E-state index contributed by atoms with van der Waals surface area (Å²) in [6.07, 6.45) is 5.13. The van der Waals surface area contributed by atoms with Gasteiger partial charge < -0.3 is 44.1 Å². The fraction of sp³-hybridized carbons (Fsp3) is 0.611. The molecule has 2 aliphatic rings. The number of amides is 2. The zero-order valence-electron chi connectivity index (χ0n) is 29.0. The van der Waals surface area contributed by atoms with Crippen LogP contribution in [0.15, 0.2) is 35.9 Å². The van der Waals surface area contributed by atoms with Crippen LogP contribution in [0.25, 0.3) is 6.08 Å². The van der Waals surface area contributed by atoms with Gasteiger partial charge in [0.2, 0.25) is 0 Å². The van der Waals surface area contributed by atoms with Gasteiger partial charge >= 0.3 is 6.09 Å². The molecule has 2 heterocycles. The van der Waals surface area contributed by atoms with E-state index in [0.717, 1.165) is 24.9 Å². The van der Waals surface area contributed by atoms with Crippen LogP contribution >= 0.6 is 0 Å². The molecule has 266 valence electrons. The van der Waals surface area contributed by atoms with Crippen molar-refractivity contribution in [3.63, 3.8) is 0 Å². The van der Waals surface area contributed by atoms with Crippen LogP contribution in [0.5, 0.6) is 0 Å². The molecule has 2 amide bonds. The van der Waals surface area contributed by atoms with Crippen LogP contribution in [0, 0.1) is 23.6 Å². The summed E-state index contributed by atoms with van der Waals surface area (Å²) in [7, 11) is 2.00. The van der Waals surface area contributed by atoms with Crippen LogP contribution in [-0.4, -0.2) is 127 Å². The lowest BCUT2D eigenvalue weighted by molar-refractivity contribution is -0.139. The SMILES string of the molecule is C/C(=C\c1cc(F)cc(N2CCN(C(=O)[C@@H](C)O)CC2)c1)[C@@H](C=O)[C@@H](C)/C=C/[C@H](OC(=O)N1CCN(C)CC1)[C@H](C)CC[C@H](O)CC=O. The molecule has 48 heavy (non-hydrogen) atoms. The minimum atomic E-state index is -1.06. The highest BCUT2D eigenvalue weighted by Crippen LogP contribution is 2.27. The first-order valence-electron chi connectivity index (χ1n) is 16.9. The van der Waals surface area contributed by atoms with E-state index in [4.69, 9.17) is 4.74 Å². The van der Waals surface area contributed by atoms with Gasteiger partial charge in [-0.3, -0.25) is 4.79 Å². The summed E-state index contributed by atoms with van der Waals surface area (Å²) in [5.74, 6) is -1.69. The summed E-state index contributed by atoms with van der Waals surface area (Å²) < 4.78 is 20.7. The van der Waals surface area contributed by atoms with Gasteiger partial charge in [0.05, 0.1) is 6.10 Å². The van der Waals surface area contributed by atoms with Gasteiger partial charge in [0, 0.05) is 70.4 Å². The average Bonchev–Trinajstić information content (AvgIpc) is 3.05. The predicted molar refractivity (Wildman–Crippen MR) is 183 cm³/mol. The van der Waals surface area contributed by atoms with E-state index < -0.39 is 36.1 Å². The van der Waals surface area contributed by atoms with Gasteiger partial charge in [0.15, 0.2) is 0 Å². The van der Waals surface area contributed by atoms with Crippen molar-refractivity contribution in [3.8, 4) is 0 Å². The summed E-state index contributed by atoms with van der Waals surface area (Å²) >= 11 is 0. The number of hydrogen-bond acceptors (Lipinski definition) is 9. The lowest BCUT2D eigenvalue weighted by Gasteiger charge is -2.36. The molecule has 2 saturated heterocycles. The third kappa shape index (κ3) is 11.5. The predicted octanol–water partition coefficient (Wildman–Crippen LogP) is 3.38. The summed E-state index contributed by atoms with van der Waals surface area (Å²) in [4.78, 5) is 55.8. The highest BCUT2D eigenvalue weighted by Gasteiger charge is 2.27. The average molecular weight is 673 g/mol. The molecule has 0 spiro atoms. The smallest absolute Gasteiger partial charge is 0.410 e. The Hall–Kier alpha value is -3.61. The number of carbonyl (C=O) groups excluding carboxylic acids is 4. The number of rotatable bonds is 15. The molecule has 0 aliphatic carbocycles. The van der Waals surface area contributed by atoms with Crippen LogP contribution in [0.4, 0.5) is 14.9 Å². The van der Waals surface area contributed by atoms with Gasteiger partial charge in [-0.1, -0.05) is 31.6 Å². The zero-order chi connectivity index (χ0) is 35.4. The van der Waals surface area contributed by atoms with Crippen molar-refractivity contribution in [3.05, 3.63) is 47.3 Å². The number of aliphatic hydroxyl groups excluding tert-OH is 2. The van der Waals surface area contributed by atoms with Gasteiger partial charge in [0.25, 0.3) is 5.91 Å². The minimum Gasteiger partial charge on any atom is -0.442 e. The molecule has 2 N–H and O–H groups in total. The number of halogens is 1. The molecule has 1 aromatic carbocycles. The maximum atomic E-state index is 14.8. The summed E-state index contributed by atoms with van der Waals surface area (Å²) in [5, 5.41) is 19.7. The number of likely N-dealkylation sites (N-methyl/N-ethyl adjacent to an activating group) is 1. The lowest BCUT2D eigenvalue weighted by atomic mass is 9.86. The zero-order valence-corrected chi connectivity index (χ0v) is 29.0. The highest BCUT2D eigenvalue weighted by atomic mass is 19.1. The molecule has 0 saturated carbocycles. The fourth-order valence-corrected chi connectivity index (χ4v) is 6.09. The Balaban J connectivity index is 1.73. The van der Waals surface area contributed by atoms with Crippen molar-refractivity contribution in [1.29, 1.82) is 0 Å². The maximum absolute atomic E-state index is 14.8. The third-order valence-electron chi connectivity index (χ3n) is 9.34. The van der Waals surface area contributed by atoms with Crippen LogP contribution in [-0.2, 0) is 19.1 Å². The molecule has 6 atom stereocenters. The van der Waals surface area contributed by atoms with E-state index in [2.05, 4.69) is 4.90 Å². The van der Waals surface area contributed by atoms with Crippen molar-refractivity contribution in [2.75, 3.05) is 64.3 Å². The Morgan fingerprint density at radius 2 is 1.56 bits per heavy atom. The normalized spacial score (nSPS) is 20.2. The molecule has 0 radical (unpaired) electrons. The number of ether oxygens (including phenoxy) is 1. The topological polar surface area (TPSA) is 131 Å². The number of nitrogens with zero attached hydrogens (tertiary/aromatic N) is 4. The molecular formula is C36H53FN4O7. The molecule has 1 aromatic rings. The molecule has 2 aliphatic heterocycles. The largest absolute Gasteiger partial charge is 0.442 e. The van der Waals surface area contributed by atoms with E-state index in [1.807, 2.05) is 44.9 Å². The molecule has 2 fully saturated rings. The van der Waals surface area contributed by atoms with Gasteiger partial charge in [-0.2, -0.15) is 0 Å². The highest BCUT2D eigenvalue weighted by molar-refractivity contribution is 5.80. The third-order valence-corrected chi connectivity index (χ3v) is 9.34. The lowest BCUT2D eigenvalue weighted by Crippen LogP contribution is -2.51. The monoisotopic (exact) mass is 672 g/mol. The first-order chi connectivity index (χ1) is 22.8. The second kappa shape index (κ2) is 18.8. The van der Waals surface area contributed by atoms with Gasteiger partial charge in [-0.25, -0.2) is 9.18 Å². The van der Waals surface area contributed by atoms with Crippen molar-refractivity contribution < 1.29 is 38.5 Å². The number of aldehydes is 2. The number of aliphatic hydroxyl groups is 2. The molecule has 0 unspecified atom stereocenters. The number of allylic oxidation sites excluding steroid dienone is 2. The summed E-state index contributed by atoms with van der Waals surface area (Å²) in [5.41, 5.74) is 2.02. The molecule has 0 aromatic heterocycles. The first kappa shape index (κ1) is 38.8. The number of benzene rings is 1. The molecule has 11 nitrogen and oxygen atoms in total. The Kier molecular flexibility index (Phi) is 15.2. The summed E-state index contributed by atoms with van der Waals surface area (Å²) in [6, 6.07) is 4.72. The second-order valence-electron chi connectivity index (χ2n) is 13.3. The summed E-state index contributed by atoms with van der Waals surface area (Å²) in [6.45, 7) is 11.6. The number of piperazine rings is 2. The van der Waals surface area contributed by atoms with Crippen LogP contribution < -0.4 is 4.90 Å². The van der Waals surface area contributed by atoms with Gasteiger partial charge in [0.1, 0.15) is 30.6 Å². The Bertz CT molecular complexity index is 1290. The van der Waals surface area contributed by atoms with Crippen LogP contribution in [0.1, 0.15) is 52.5 Å². The van der Waals surface area contributed by atoms with Crippen LogP contribution in [0.3, 0.4) is 0 Å². The van der Waals surface area contributed by atoms with Gasteiger partial charge in [-0.15, -0.1) is 0 Å². The quantitative estimate of drug-likeness (QED) is 0.213. The van der Waals surface area contributed by atoms with E-state index in [1.54, 1.807) is 22.0 Å². The first-order valence-corrected chi connectivity index (χ1v) is 16.9. The van der Waals surface area contributed by atoms with Crippen LogP contribution in [0.2, 0.25) is 0 Å². The fourth-order valence-electron chi connectivity index (χ4n) is 6.09. The van der Waals surface area contributed by atoms with Crippen molar-refractivity contribution >= 4 is 36.3 Å². The Morgan fingerprint density at radius 3 is 2.17 bits per heavy atom. The number of carbonyl (C=O) groups is 4. The molecular weight excluding hydrogens is 619 g/mol. The van der Waals surface area contributed by atoms with E-state index in [1.165, 1.54) is 19.1 Å². The maximum Gasteiger partial charge on any atom is 0.410 e. The van der Waals surface area contributed by atoms with E-state index in [9.17, 15) is 33.8 Å². The van der Waals surface area contributed by atoms with E-state index >= 15 is 0 Å². The van der Waals surface area contributed by atoms with Crippen molar-refractivity contribution in [1.82, 2.24) is 14.7 Å². The molecule has 0 bridgehead atoms. The van der Waals surface area contributed by atoms with E-state index in [0.29, 0.717) is 69.6 Å². The Labute approximate surface area is 284 Å². The van der Waals surface area contributed by atoms with Crippen molar-refractivity contribution in [2.24, 2.45) is 17.8 Å².